The van der Waals surface area contributed by atoms with E-state index >= 15 is 0 Å². The Kier molecular flexibility index (Phi) is 7.88. The summed E-state index contributed by atoms with van der Waals surface area (Å²) >= 11 is 2.41. The fourth-order valence-corrected chi connectivity index (χ4v) is 1.86. The molecule has 2 heteroatoms. The maximum atomic E-state index is 3.96. The molecule has 90 valence electrons. The normalized spacial score (nSPS) is 13.9. The molecule has 1 nitrogen and oxygen atoms in total. The molecule has 0 heterocycles. The first-order chi connectivity index (χ1) is 6.83. The fourth-order valence-electron chi connectivity index (χ4n) is 1.54. The quantitative estimate of drug-likeness (QED) is 0.228. The molecule has 0 saturated heterocycles. The minimum atomic E-state index is 0.467. The molecule has 0 amide bonds. The highest BCUT2D eigenvalue weighted by Crippen LogP contribution is 2.29. The number of nitrogens with one attached hydrogen (secondary N) is 1. The van der Waals surface area contributed by atoms with Crippen molar-refractivity contribution in [3.8, 4) is 0 Å². The maximum absolute atomic E-state index is 3.96. The molecule has 0 rings (SSSR count). The van der Waals surface area contributed by atoms with Crippen LogP contribution in [0.25, 0.3) is 0 Å². The number of allylic oxidation sites excluding steroid dienone is 1. The van der Waals surface area contributed by atoms with Crippen LogP contribution < -0.4 is 5.32 Å². The van der Waals surface area contributed by atoms with Gasteiger partial charge in [0.25, 0.3) is 0 Å². The van der Waals surface area contributed by atoms with E-state index in [4.69, 9.17) is 0 Å². The zero-order valence-electron chi connectivity index (χ0n) is 10.7. The molecule has 0 spiro atoms. The Balaban J connectivity index is 3.59. The number of hydrogen-bond acceptors (Lipinski definition) is 1. The van der Waals surface area contributed by atoms with Crippen molar-refractivity contribution in [2.75, 3.05) is 6.54 Å². The van der Waals surface area contributed by atoms with Crippen LogP contribution in [0.1, 0.15) is 53.4 Å². The first-order valence-electron chi connectivity index (χ1n) is 5.85. The highest BCUT2D eigenvalue weighted by Gasteiger charge is 2.16. The summed E-state index contributed by atoms with van der Waals surface area (Å²) in [6.07, 6.45) is 5.01. The van der Waals surface area contributed by atoms with E-state index in [0.717, 1.165) is 6.54 Å². The van der Waals surface area contributed by atoms with E-state index in [-0.39, 0.29) is 0 Å². The zero-order valence-corrected chi connectivity index (χ0v) is 12.9. The first-order valence-corrected chi connectivity index (χ1v) is 7.10. The van der Waals surface area contributed by atoms with Crippen LogP contribution in [0.5, 0.6) is 0 Å². The number of halogens is 1. The minimum Gasteiger partial charge on any atom is -0.306 e. The lowest BCUT2D eigenvalue weighted by Gasteiger charge is -2.24. The van der Waals surface area contributed by atoms with E-state index in [9.17, 15) is 0 Å². The fraction of sp³-hybridized carbons (Fsp3) is 0.846. The van der Waals surface area contributed by atoms with Gasteiger partial charge in [-0.05, 0) is 51.5 Å². The molecule has 0 unspecified atom stereocenters. The molecule has 15 heavy (non-hydrogen) atoms. The lowest BCUT2D eigenvalue weighted by atomic mass is 9.82. The van der Waals surface area contributed by atoms with Gasteiger partial charge in [-0.1, -0.05) is 42.0 Å². The van der Waals surface area contributed by atoms with Gasteiger partial charge >= 0.3 is 0 Å². The summed E-state index contributed by atoms with van der Waals surface area (Å²) in [5.74, 6) is 0. The van der Waals surface area contributed by atoms with Crippen LogP contribution in [0, 0.1) is 5.41 Å². The molecule has 0 bridgehead atoms. The van der Waals surface area contributed by atoms with E-state index < -0.39 is 0 Å². The van der Waals surface area contributed by atoms with Crippen molar-refractivity contribution in [1.82, 2.24) is 5.32 Å². The summed E-state index contributed by atoms with van der Waals surface area (Å²) < 4.78 is 0.584. The van der Waals surface area contributed by atoms with Gasteiger partial charge in [-0.3, -0.25) is 0 Å². The van der Waals surface area contributed by atoms with Gasteiger partial charge in [0, 0.05) is 0 Å². The predicted octanol–water partition coefficient (Wildman–Crippen LogP) is 4.52. The Morgan fingerprint density at radius 2 is 2.00 bits per heavy atom. The Hall–Kier alpha value is 0.430. The van der Waals surface area contributed by atoms with Gasteiger partial charge in [0.15, 0.2) is 0 Å². The highest BCUT2D eigenvalue weighted by atomic mass is 127. The van der Waals surface area contributed by atoms with Crippen molar-refractivity contribution in [2.24, 2.45) is 5.41 Å². The lowest BCUT2D eigenvalue weighted by molar-refractivity contribution is 0.297. The van der Waals surface area contributed by atoms with Gasteiger partial charge in [-0.25, -0.2) is 0 Å². The molecule has 0 aromatic carbocycles. The van der Waals surface area contributed by atoms with E-state index in [1.165, 1.54) is 31.3 Å². The first kappa shape index (κ1) is 15.4. The van der Waals surface area contributed by atoms with Gasteiger partial charge in [0.05, 0.1) is 4.05 Å². The van der Waals surface area contributed by atoms with Crippen LogP contribution >= 0.6 is 22.6 Å². The molecule has 0 radical (unpaired) electrons. The van der Waals surface area contributed by atoms with Crippen LogP contribution in [-0.2, 0) is 0 Å². The van der Waals surface area contributed by atoms with Gasteiger partial charge in [0.2, 0.25) is 0 Å². The summed E-state index contributed by atoms with van der Waals surface area (Å²) in [5, 5.41) is 3.45. The van der Waals surface area contributed by atoms with Gasteiger partial charge in [-0.15, -0.1) is 6.58 Å². The van der Waals surface area contributed by atoms with E-state index in [0.29, 0.717) is 9.46 Å². The average molecular weight is 323 g/mol. The molecule has 0 aliphatic carbocycles. The van der Waals surface area contributed by atoms with Crippen molar-refractivity contribution >= 4 is 22.6 Å². The maximum Gasteiger partial charge on any atom is 0.0564 e. The minimum absolute atomic E-state index is 0.467. The van der Waals surface area contributed by atoms with Crippen molar-refractivity contribution < 1.29 is 0 Å². The molecular formula is C13H26IN. The largest absolute Gasteiger partial charge is 0.306 e. The van der Waals surface area contributed by atoms with Crippen LogP contribution in [0.4, 0.5) is 0 Å². The Morgan fingerprint density at radius 3 is 2.47 bits per heavy atom. The Morgan fingerprint density at radius 1 is 1.40 bits per heavy atom. The lowest BCUT2D eigenvalue weighted by Crippen LogP contribution is -2.23. The number of alkyl halides is 1. The smallest absolute Gasteiger partial charge is 0.0564 e. The summed E-state index contributed by atoms with van der Waals surface area (Å²) in [5.41, 5.74) is 1.77. The second kappa shape index (κ2) is 7.66. The molecule has 1 atom stereocenters. The van der Waals surface area contributed by atoms with Crippen molar-refractivity contribution in [2.45, 2.75) is 57.4 Å². The summed E-state index contributed by atoms with van der Waals surface area (Å²) in [6.45, 7) is 14.1. The summed E-state index contributed by atoms with van der Waals surface area (Å²) in [4.78, 5) is 0. The summed E-state index contributed by atoms with van der Waals surface area (Å²) in [7, 11) is 0. The Bertz CT molecular complexity index is 185. The van der Waals surface area contributed by atoms with Crippen LogP contribution in [0.2, 0.25) is 0 Å². The standard InChI is InChI=1S/C13H26IN/c1-11(2)7-9-13(4,5)8-6-10-15-12(3)14/h12,15H,1,6-10H2,2-5H3/t12-/m0/s1. The van der Waals surface area contributed by atoms with E-state index in [1.54, 1.807) is 0 Å². The number of rotatable bonds is 8. The van der Waals surface area contributed by atoms with E-state index in [1.807, 2.05) is 0 Å². The topological polar surface area (TPSA) is 12.0 Å². The van der Waals surface area contributed by atoms with Crippen LogP contribution in [0.15, 0.2) is 12.2 Å². The molecule has 0 aromatic heterocycles. The SMILES string of the molecule is C=C(C)CCC(C)(C)CCCN[C@@H](C)I. The molecule has 0 saturated carbocycles. The predicted molar refractivity (Wildman–Crippen MR) is 78.5 cm³/mol. The van der Waals surface area contributed by atoms with Crippen LogP contribution in [0.3, 0.4) is 0 Å². The third-order valence-electron chi connectivity index (χ3n) is 2.68. The van der Waals surface area contributed by atoms with Crippen molar-refractivity contribution in [3.63, 3.8) is 0 Å². The van der Waals surface area contributed by atoms with Gasteiger partial charge in [-0.2, -0.15) is 0 Å². The third-order valence-corrected chi connectivity index (χ3v) is 3.12. The molecule has 0 aliphatic heterocycles. The highest BCUT2D eigenvalue weighted by molar-refractivity contribution is 14.1. The molecule has 0 fully saturated rings. The van der Waals surface area contributed by atoms with Gasteiger partial charge < -0.3 is 5.32 Å². The molecule has 0 aliphatic rings. The van der Waals surface area contributed by atoms with Gasteiger partial charge in [0.1, 0.15) is 0 Å². The molecule has 0 aromatic rings. The second-order valence-corrected chi connectivity index (χ2v) is 7.16. The summed E-state index contributed by atoms with van der Waals surface area (Å²) in [6, 6.07) is 0. The zero-order chi connectivity index (χ0) is 11.9. The van der Waals surface area contributed by atoms with Crippen molar-refractivity contribution in [3.05, 3.63) is 12.2 Å². The Labute approximate surface area is 109 Å². The third kappa shape index (κ3) is 10.7. The van der Waals surface area contributed by atoms with E-state index in [2.05, 4.69) is 62.2 Å². The average Bonchev–Trinajstić information content (AvgIpc) is 2.09. The van der Waals surface area contributed by atoms with Crippen molar-refractivity contribution in [1.29, 1.82) is 0 Å². The van der Waals surface area contributed by atoms with Crippen LogP contribution in [-0.4, -0.2) is 10.6 Å². The molecule has 1 N–H and O–H groups in total. The second-order valence-electron chi connectivity index (χ2n) is 5.29. The molecular weight excluding hydrogens is 297 g/mol. The monoisotopic (exact) mass is 323 g/mol. The number of hydrogen-bond donors (Lipinski definition) is 1.